The average molecular weight is 245 g/mol. The molecule has 1 amide bonds. The van der Waals surface area contributed by atoms with E-state index in [0.29, 0.717) is 32.1 Å². The van der Waals surface area contributed by atoms with Crippen molar-refractivity contribution in [1.29, 1.82) is 0 Å². The van der Waals surface area contributed by atoms with Crippen molar-refractivity contribution in [2.75, 3.05) is 26.3 Å². The van der Waals surface area contributed by atoms with Gasteiger partial charge in [0.05, 0.1) is 13.2 Å². The minimum atomic E-state index is -0.0489. The molecule has 0 atom stereocenters. The molecule has 4 heteroatoms. The van der Waals surface area contributed by atoms with E-state index in [2.05, 4.69) is 0 Å². The molecule has 1 saturated heterocycles. The number of ether oxygens (including phenoxy) is 1. The van der Waals surface area contributed by atoms with Gasteiger partial charge in [0, 0.05) is 18.5 Å². The minimum absolute atomic E-state index is 0.0489. The van der Waals surface area contributed by atoms with Gasteiger partial charge in [0.25, 0.3) is 5.91 Å². The van der Waals surface area contributed by atoms with Crippen molar-refractivity contribution in [1.82, 2.24) is 4.90 Å². The summed E-state index contributed by atoms with van der Waals surface area (Å²) in [6.45, 7) is 4.48. The number of morpholine rings is 1. The molecule has 1 aliphatic heterocycles. The van der Waals surface area contributed by atoms with Gasteiger partial charge in [0.15, 0.2) is 5.76 Å². The van der Waals surface area contributed by atoms with Gasteiger partial charge in [-0.05, 0) is 24.6 Å². The van der Waals surface area contributed by atoms with Crippen molar-refractivity contribution in [2.24, 2.45) is 0 Å². The number of hydrogen-bond acceptors (Lipinski definition) is 3. The van der Waals surface area contributed by atoms with Crippen molar-refractivity contribution >= 4 is 16.9 Å². The zero-order valence-electron chi connectivity index (χ0n) is 10.3. The molecule has 0 saturated carbocycles. The predicted molar refractivity (Wildman–Crippen MR) is 67.7 cm³/mol. The van der Waals surface area contributed by atoms with Crippen molar-refractivity contribution in [2.45, 2.75) is 6.92 Å². The number of benzene rings is 1. The number of fused-ring (bicyclic) bond motifs is 1. The SMILES string of the molecule is Cc1ccc2cc(C(=O)N3CCOCC3)oc2c1. The Labute approximate surface area is 105 Å². The first kappa shape index (κ1) is 11.3. The maximum atomic E-state index is 12.2. The van der Waals surface area contributed by atoms with E-state index in [1.807, 2.05) is 31.2 Å². The lowest BCUT2D eigenvalue weighted by Gasteiger charge is -2.25. The Morgan fingerprint density at radius 2 is 2.00 bits per heavy atom. The van der Waals surface area contributed by atoms with E-state index in [1.54, 1.807) is 4.90 Å². The van der Waals surface area contributed by atoms with Gasteiger partial charge in [-0.2, -0.15) is 0 Å². The quantitative estimate of drug-likeness (QED) is 0.773. The Morgan fingerprint density at radius 3 is 2.78 bits per heavy atom. The smallest absolute Gasteiger partial charge is 0.289 e. The number of furan rings is 1. The van der Waals surface area contributed by atoms with E-state index in [0.717, 1.165) is 16.5 Å². The lowest BCUT2D eigenvalue weighted by Crippen LogP contribution is -2.40. The summed E-state index contributed by atoms with van der Waals surface area (Å²) in [6, 6.07) is 7.75. The Kier molecular flexibility index (Phi) is 2.80. The third-order valence-electron chi connectivity index (χ3n) is 3.18. The van der Waals surface area contributed by atoms with Crippen LogP contribution in [0.25, 0.3) is 11.0 Å². The molecule has 1 aromatic heterocycles. The van der Waals surface area contributed by atoms with Crippen LogP contribution >= 0.6 is 0 Å². The number of amides is 1. The molecule has 0 aliphatic carbocycles. The van der Waals surface area contributed by atoms with Crippen LogP contribution in [-0.4, -0.2) is 37.1 Å². The number of carbonyl (C=O) groups excluding carboxylic acids is 1. The Bertz CT molecular complexity index is 582. The normalized spacial score (nSPS) is 16.2. The molecule has 0 bridgehead atoms. The zero-order chi connectivity index (χ0) is 12.5. The highest BCUT2D eigenvalue weighted by Crippen LogP contribution is 2.21. The third-order valence-corrected chi connectivity index (χ3v) is 3.18. The summed E-state index contributed by atoms with van der Waals surface area (Å²) in [7, 11) is 0. The molecule has 0 spiro atoms. The number of rotatable bonds is 1. The van der Waals surface area contributed by atoms with Crippen LogP contribution in [0.15, 0.2) is 28.7 Å². The second-order valence-electron chi connectivity index (χ2n) is 4.56. The first-order valence-electron chi connectivity index (χ1n) is 6.11. The van der Waals surface area contributed by atoms with Gasteiger partial charge in [-0.15, -0.1) is 0 Å². The van der Waals surface area contributed by atoms with Crippen molar-refractivity contribution in [3.05, 3.63) is 35.6 Å². The van der Waals surface area contributed by atoms with Crippen LogP contribution < -0.4 is 0 Å². The maximum absolute atomic E-state index is 12.2. The molecule has 4 nitrogen and oxygen atoms in total. The summed E-state index contributed by atoms with van der Waals surface area (Å²) in [5.41, 5.74) is 1.90. The number of nitrogens with zero attached hydrogens (tertiary/aromatic N) is 1. The fraction of sp³-hybridized carbons (Fsp3) is 0.357. The highest BCUT2D eigenvalue weighted by atomic mass is 16.5. The van der Waals surface area contributed by atoms with Gasteiger partial charge in [0.2, 0.25) is 0 Å². The summed E-state index contributed by atoms with van der Waals surface area (Å²) in [4.78, 5) is 14.0. The van der Waals surface area contributed by atoms with Gasteiger partial charge in [0.1, 0.15) is 5.58 Å². The Balaban J connectivity index is 1.91. The summed E-state index contributed by atoms with van der Waals surface area (Å²) in [6.07, 6.45) is 0. The van der Waals surface area contributed by atoms with E-state index >= 15 is 0 Å². The topological polar surface area (TPSA) is 42.7 Å². The van der Waals surface area contributed by atoms with Gasteiger partial charge >= 0.3 is 0 Å². The maximum Gasteiger partial charge on any atom is 0.289 e. The molecule has 0 radical (unpaired) electrons. The molecule has 0 N–H and O–H groups in total. The Morgan fingerprint density at radius 1 is 1.22 bits per heavy atom. The third kappa shape index (κ3) is 1.99. The van der Waals surface area contributed by atoms with Crippen LogP contribution in [0, 0.1) is 6.92 Å². The second-order valence-corrected chi connectivity index (χ2v) is 4.56. The van der Waals surface area contributed by atoms with Gasteiger partial charge < -0.3 is 14.1 Å². The molecule has 0 unspecified atom stereocenters. The van der Waals surface area contributed by atoms with E-state index in [-0.39, 0.29) is 5.91 Å². The number of hydrogen-bond donors (Lipinski definition) is 0. The molecule has 2 aromatic rings. The average Bonchev–Trinajstić information content (AvgIpc) is 2.81. The number of aryl methyl sites for hydroxylation is 1. The van der Waals surface area contributed by atoms with Crippen LogP contribution in [0.2, 0.25) is 0 Å². The van der Waals surface area contributed by atoms with E-state index < -0.39 is 0 Å². The van der Waals surface area contributed by atoms with Crippen LogP contribution in [-0.2, 0) is 4.74 Å². The molecule has 1 aliphatic rings. The summed E-state index contributed by atoms with van der Waals surface area (Å²) < 4.78 is 10.9. The van der Waals surface area contributed by atoms with E-state index in [9.17, 15) is 4.79 Å². The van der Waals surface area contributed by atoms with Crippen molar-refractivity contribution in [3.63, 3.8) is 0 Å². The largest absolute Gasteiger partial charge is 0.451 e. The molecule has 3 rings (SSSR count). The van der Waals surface area contributed by atoms with E-state index in [1.165, 1.54) is 0 Å². The Hall–Kier alpha value is -1.81. The summed E-state index contributed by atoms with van der Waals surface area (Å²) in [5, 5.41) is 0.970. The molecular weight excluding hydrogens is 230 g/mol. The fourth-order valence-electron chi connectivity index (χ4n) is 2.17. The highest BCUT2D eigenvalue weighted by molar-refractivity contribution is 5.96. The highest BCUT2D eigenvalue weighted by Gasteiger charge is 2.21. The summed E-state index contributed by atoms with van der Waals surface area (Å²) in [5.74, 6) is 0.365. The van der Waals surface area contributed by atoms with E-state index in [4.69, 9.17) is 9.15 Å². The molecule has 2 heterocycles. The van der Waals surface area contributed by atoms with Gasteiger partial charge in [-0.25, -0.2) is 0 Å². The van der Waals surface area contributed by atoms with Crippen LogP contribution in [0.5, 0.6) is 0 Å². The molecule has 94 valence electrons. The summed E-state index contributed by atoms with van der Waals surface area (Å²) >= 11 is 0. The molecule has 18 heavy (non-hydrogen) atoms. The van der Waals surface area contributed by atoms with Crippen LogP contribution in [0.1, 0.15) is 16.1 Å². The fourth-order valence-corrected chi connectivity index (χ4v) is 2.17. The van der Waals surface area contributed by atoms with Crippen LogP contribution in [0.3, 0.4) is 0 Å². The minimum Gasteiger partial charge on any atom is -0.451 e. The lowest BCUT2D eigenvalue weighted by molar-refractivity contribution is 0.0284. The molecule has 1 fully saturated rings. The number of carbonyl (C=O) groups is 1. The lowest BCUT2D eigenvalue weighted by atomic mass is 10.2. The second kappa shape index (κ2) is 4.46. The van der Waals surface area contributed by atoms with Crippen LogP contribution in [0.4, 0.5) is 0 Å². The first-order valence-corrected chi connectivity index (χ1v) is 6.11. The van der Waals surface area contributed by atoms with Gasteiger partial charge in [-0.1, -0.05) is 12.1 Å². The van der Waals surface area contributed by atoms with Gasteiger partial charge in [-0.3, -0.25) is 4.79 Å². The van der Waals surface area contributed by atoms with Crippen molar-refractivity contribution in [3.8, 4) is 0 Å². The monoisotopic (exact) mass is 245 g/mol. The van der Waals surface area contributed by atoms with Crippen molar-refractivity contribution < 1.29 is 13.9 Å². The standard InChI is InChI=1S/C14H15NO3/c1-10-2-3-11-9-13(18-12(11)8-10)14(16)15-4-6-17-7-5-15/h2-3,8-9H,4-7H2,1H3. The first-order chi connectivity index (χ1) is 8.74. The molecular formula is C14H15NO3. The molecule has 1 aromatic carbocycles. The zero-order valence-corrected chi connectivity index (χ0v) is 10.3. The predicted octanol–water partition coefficient (Wildman–Crippen LogP) is 2.21.